The zero-order valence-electron chi connectivity index (χ0n) is 11.5. The third-order valence-corrected chi connectivity index (χ3v) is 3.21. The topological polar surface area (TPSA) is 54.3 Å². The predicted molar refractivity (Wildman–Crippen MR) is 73.2 cm³/mol. The van der Waals surface area contributed by atoms with Crippen molar-refractivity contribution in [3.05, 3.63) is 23.8 Å². The number of hydrogen-bond donors (Lipinski definition) is 1. The van der Waals surface area contributed by atoms with Gasteiger partial charge in [-0.1, -0.05) is 6.92 Å². The zero-order valence-corrected chi connectivity index (χ0v) is 11.5. The first-order valence-corrected chi connectivity index (χ1v) is 6.73. The van der Waals surface area contributed by atoms with Gasteiger partial charge in [0, 0.05) is 18.2 Å². The van der Waals surface area contributed by atoms with Gasteiger partial charge in [-0.3, -0.25) is 0 Å². The summed E-state index contributed by atoms with van der Waals surface area (Å²) in [5.74, 6) is 1.58. The highest BCUT2D eigenvalue weighted by atomic mass is 16.5. The van der Waals surface area contributed by atoms with Gasteiger partial charge >= 0.3 is 0 Å². The van der Waals surface area contributed by atoms with E-state index < -0.39 is 6.10 Å². The van der Waals surface area contributed by atoms with Gasteiger partial charge < -0.3 is 14.8 Å². The fraction of sp³-hybridized carbons (Fsp3) is 0.533. The summed E-state index contributed by atoms with van der Waals surface area (Å²) in [5, 5.41) is 12.4. The molecule has 2 rings (SSSR count). The minimum atomic E-state index is -0.395. The van der Waals surface area contributed by atoms with Crippen LogP contribution in [0.1, 0.15) is 31.7 Å². The largest absolute Gasteiger partial charge is 0.497 e. The van der Waals surface area contributed by atoms with E-state index in [1.807, 2.05) is 25.1 Å². The van der Waals surface area contributed by atoms with Gasteiger partial charge in [-0.25, -0.2) is 0 Å². The van der Waals surface area contributed by atoms with Gasteiger partial charge in [-0.2, -0.15) is 5.26 Å². The summed E-state index contributed by atoms with van der Waals surface area (Å²) in [5.41, 5.74) is 1.04. The lowest BCUT2D eigenvalue weighted by atomic mass is 10.1. The van der Waals surface area contributed by atoms with Crippen molar-refractivity contribution >= 4 is 0 Å². The highest BCUT2D eigenvalue weighted by Gasteiger charge is 2.21. The minimum absolute atomic E-state index is 0.395. The molecule has 1 aromatic rings. The van der Waals surface area contributed by atoms with Gasteiger partial charge in [0.15, 0.2) is 6.10 Å². The lowest BCUT2D eigenvalue weighted by molar-refractivity contribution is 0.248. The fourth-order valence-corrected chi connectivity index (χ4v) is 1.83. The Hall–Kier alpha value is -1.73. The molecular weight excluding hydrogens is 240 g/mol. The number of nitriles is 1. The number of rotatable bonds is 7. The molecule has 1 N–H and O–H groups in total. The van der Waals surface area contributed by atoms with Crippen molar-refractivity contribution in [1.29, 1.82) is 5.26 Å². The quantitative estimate of drug-likeness (QED) is 0.818. The van der Waals surface area contributed by atoms with Crippen LogP contribution >= 0.6 is 0 Å². The molecule has 1 aliphatic rings. The summed E-state index contributed by atoms with van der Waals surface area (Å²) < 4.78 is 11.0. The molecule has 1 aromatic carbocycles. The summed E-state index contributed by atoms with van der Waals surface area (Å²) in [6.07, 6.45) is 2.78. The van der Waals surface area contributed by atoms with Crippen LogP contribution in [0.15, 0.2) is 18.2 Å². The van der Waals surface area contributed by atoms with Crippen molar-refractivity contribution in [2.75, 3.05) is 7.11 Å². The summed E-state index contributed by atoms with van der Waals surface area (Å²) in [6, 6.07) is 8.50. The third kappa shape index (κ3) is 3.87. The van der Waals surface area contributed by atoms with Crippen LogP contribution in [0, 0.1) is 11.3 Å². The maximum Gasteiger partial charge on any atom is 0.184 e. The molecule has 102 valence electrons. The molecule has 19 heavy (non-hydrogen) atoms. The lowest BCUT2D eigenvalue weighted by Crippen LogP contribution is -2.18. The van der Waals surface area contributed by atoms with Crippen LogP contribution in [0.25, 0.3) is 0 Å². The number of hydrogen-bond acceptors (Lipinski definition) is 4. The molecule has 4 heteroatoms. The Bertz CT molecular complexity index is 464. The number of nitrogens with zero attached hydrogens (tertiary/aromatic N) is 1. The Balaban J connectivity index is 2.11. The Morgan fingerprint density at radius 1 is 1.47 bits per heavy atom. The van der Waals surface area contributed by atoms with Crippen molar-refractivity contribution < 1.29 is 9.47 Å². The molecule has 1 unspecified atom stereocenters. The molecule has 0 heterocycles. The predicted octanol–water partition coefficient (Wildman–Crippen LogP) is 2.63. The van der Waals surface area contributed by atoms with E-state index in [9.17, 15) is 0 Å². The van der Waals surface area contributed by atoms with Crippen LogP contribution in [0.3, 0.4) is 0 Å². The summed E-state index contributed by atoms with van der Waals surface area (Å²) in [4.78, 5) is 0. The Labute approximate surface area is 114 Å². The van der Waals surface area contributed by atoms with E-state index in [1.54, 1.807) is 7.11 Å². The molecule has 4 nitrogen and oxygen atoms in total. The molecule has 1 atom stereocenters. The second kappa shape index (κ2) is 6.44. The van der Waals surface area contributed by atoms with Gasteiger partial charge in [-0.05, 0) is 37.5 Å². The van der Waals surface area contributed by atoms with E-state index in [1.165, 1.54) is 12.8 Å². The first kappa shape index (κ1) is 13.7. The van der Waals surface area contributed by atoms with Crippen molar-refractivity contribution in [2.45, 2.75) is 44.9 Å². The molecule has 1 fully saturated rings. The molecule has 0 saturated heterocycles. The Morgan fingerprint density at radius 3 is 2.84 bits per heavy atom. The molecule has 1 aliphatic carbocycles. The molecule has 0 bridgehead atoms. The number of benzene rings is 1. The summed E-state index contributed by atoms with van der Waals surface area (Å²) in [6.45, 7) is 2.69. The first-order chi connectivity index (χ1) is 9.26. The molecular formula is C15H20N2O2. The highest BCUT2D eigenvalue weighted by Crippen LogP contribution is 2.27. The lowest BCUT2D eigenvalue weighted by Gasteiger charge is -2.16. The summed E-state index contributed by atoms with van der Waals surface area (Å²) in [7, 11) is 1.65. The minimum Gasteiger partial charge on any atom is -0.497 e. The normalized spacial score (nSPS) is 15.6. The van der Waals surface area contributed by atoms with E-state index in [-0.39, 0.29) is 0 Å². The van der Waals surface area contributed by atoms with Crippen LogP contribution in [0.4, 0.5) is 0 Å². The number of nitrogens with one attached hydrogen (secondary N) is 1. The van der Waals surface area contributed by atoms with Crippen LogP contribution in [0.5, 0.6) is 11.5 Å². The van der Waals surface area contributed by atoms with Crippen molar-refractivity contribution in [3.8, 4) is 17.6 Å². The van der Waals surface area contributed by atoms with Gasteiger partial charge in [0.1, 0.15) is 17.6 Å². The molecule has 0 amide bonds. The highest BCUT2D eigenvalue weighted by molar-refractivity contribution is 5.40. The Morgan fingerprint density at radius 2 is 2.26 bits per heavy atom. The van der Waals surface area contributed by atoms with Gasteiger partial charge in [-0.15, -0.1) is 0 Å². The second-order valence-corrected chi connectivity index (χ2v) is 4.77. The maximum absolute atomic E-state index is 8.99. The van der Waals surface area contributed by atoms with Crippen molar-refractivity contribution in [2.24, 2.45) is 0 Å². The number of ether oxygens (including phenoxy) is 2. The van der Waals surface area contributed by atoms with E-state index in [0.29, 0.717) is 12.5 Å². The average Bonchev–Trinajstić information content (AvgIpc) is 3.27. The Kier molecular flexibility index (Phi) is 4.64. The molecule has 0 spiro atoms. The van der Waals surface area contributed by atoms with Crippen molar-refractivity contribution in [3.63, 3.8) is 0 Å². The second-order valence-electron chi connectivity index (χ2n) is 4.77. The van der Waals surface area contributed by atoms with E-state index in [4.69, 9.17) is 14.7 Å². The van der Waals surface area contributed by atoms with Crippen molar-refractivity contribution in [1.82, 2.24) is 5.32 Å². The third-order valence-electron chi connectivity index (χ3n) is 3.21. The molecule has 1 saturated carbocycles. The molecule has 0 radical (unpaired) electrons. The average molecular weight is 260 g/mol. The standard InChI is InChI=1S/C15H20N2O2/c1-3-13(9-16)19-15-7-6-14(18-2)8-11(15)10-17-12-4-5-12/h6-8,12-13,17H,3-5,10H2,1-2H3. The smallest absolute Gasteiger partial charge is 0.184 e. The van der Waals surface area contributed by atoms with Gasteiger partial charge in [0.2, 0.25) is 0 Å². The SMILES string of the molecule is CCC(C#N)Oc1ccc(OC)cc1CNC1CC1. The van der Waals surface area contributed by atoms with Crippen LogP contribution in [-0.4, -0.2) is 19.3 Å². The maximum atomic E-state index is 8.99. The molecule has 0 aromatic heterocycles. The van der Waals surface area contributed by atoms with Gasteiger partial charge in [0.25, 0.3) is 0 Å². The monoisotopic (exact) mass is 260 g/mol. The van der Waals surface area contributed by atoms with Crippen LogP contribution < -0.4 is 14.8 Å². The summed E-state index contributed by atoms with van der Waals surface area (Å²) >= 11 is 0. The van der Waals surface area contributed by atoms with E-state index >= 15 is 0 Å². The zero-order chi connectivity index (χ0) is 13.7. The van der Waals surface area contributed by atoms with E-state index in [2.05, 4.69) is 11.4 Å². The van der Waals surface area contributed by atoms with E-state index in [0.717, 1.165) is 23.6 Å². The van der Waals surface area contributed by atoms with Crippen LogP contribution in [0.2, 0.25) is 0 Å². The van der Waals surface area contributed by atoms with Crippen LogP contribution in [-0.2, 0) is 6.54 Å². The first-order valence-electron chi connectivity index (χ1n) is 6.73. The number of methoxy groups -OCH3 is 1. The molecule has 0 aliphatic heterocycles. The van der Waals surface area contributed by atoms with Gasteiger partial charge in [0.05, 0.1) is 7.11 Å². The fourth-order valence-electron chi connectivity index (χ4n) is 1.83.